The fourth-order valence-electron chi connectivity index (χ4n) is 4.88. The maximum atomic E-state index is 7.19. The van der Waals surface area contributed by atoms with E-state index >= 15 is 0 Å². The Bertz CT molecular complexity index is 979. The van der Waals surface area contributed by atoms with E-state index in [-0.39, 0.29) is 10.8 Å². The zero-order valence-corrected chi connectivity index (χ0v) is 17.1. The number of para-hydroxylation sites is 2. The van der Waals surface area contributed by atoms with Crippen molar-refractivity contribution in [2.24, 2.45) is 0 Å². The standard InChI is InChI=1S/C23H26ClN2/c1-22(2)15-11-7-9-13-17(15)25(5)20(22)19(24)21-23(3,4)16-12-8-10-14-18(16)26(21)6/h7-14H,1-6H3/q+1. The maximum absolute atomic E-state index is 7.19. The van der Waals surface area contributed by atoms with Crippen LogP contribution in [0.4, 0.5) is 11.4 Å². The van der Waals surface area contributed by atoms with Crippen molar-refractivity contribution in [2.45, 2.75) is 38.5 Å². The van der Waals surface area contributed by atoms with E-state index < -0.39 is 0 Å². The SMILES string of the molecule is CN1/C(=C(\Cl)C2=[N+](C)c3ccccc3C2(C)C)C(C)(C)c2ccccc21. The van der Waals surface area contributed by atoms with Crippen molar-refractivity contribution >= 4 is 28.7 Å². The van der Waals surface area contributed by atoms with Gasteiger partial charge in [-0.3, -0.25) is 0 Å². The Morgan fingerprint density at radius 3 is 2.08 bits per heavy atom. The predicted octanol–water partition coefficient (Wildman–Crippen LogP) is 5.57. The Hall–Kier alpha value is -2.06. The van der Waals surface area contributed by atoms with Crippen molar-refractivity contribution in [1.29, 1.82) is 0 Å². The molecule has 26 heavy (non-hydrogen) atoms. The molecule has 0 aliphatic carbocycles. The molecule has 4 rings (SSSR count). The Balaban J connectivity index is 1.97. The number of fused-ring (bicyclic) bond motifs is 2. The van der Waals surface area contributed by atoms with Crippen LogP contribution in [-0.2, 0) is 10.8 Å². The molecule has 2 aliphatic heterocycles. The largest absolute Gasteiger partial charge is 0.346 e. The molecule has 0 unspecified atom stereocenters. The van der Waals surface area contributed by atoms with Gasteiger partial charge < -0.3 is 4.90 Å². The number of benzene rings is 2. The monoisotopic (exact) mass is 365 g/mol. The van der Waals surface area contributed by atoms with Gasteiger partial charge in [0.15, 0.2) is 0 Å². The van der Waals surface area contributed by atoms with Crippen LogP contribution >= 0.6 is 11.6 Å². The third-order valence-corrected chi connectivity index (χ3v) is 6.51. The summed E-state index contributed by atoms with van der Waals surface area (Å²) in [5, 5.41) is 0.859. The van der Waals surface area contributed by atoms with Crippen molar-refractivity contribution in [3.63, 3.8) is 0 Å². The van der Waals surface area contributed by atoms with Crippen LogP contribution in [0.15, 0.2) is 59.3 Å². The molecule has 2 nitrogen and oxygen atoms in total. The molecule has 0 N–H and O–H groups in total. The highest BCUT2D eigenvalue weighted by Crippen LogP contribution is 2.51. The van der Waals surface area contributed by atoms with Gasteiger partial charge in [-0.2, -0.15) is 4.58 Å². The second-order valence-corrected chi connectivity index (χ2v) is 8.79. The van der Waals surface area contributed by atoms with Gasteiger partial charge in [-0.25, -0.2) is 0 Å². The Labute approximate surface area is 161 Å². The molecule has 0 fully saturated rings. The highest BCUT2D eigenvalue weighted by Gasteiger charge is 2.49. The Morgan fingerprint density at radius 1 is 0.885 bits per heavy atom. The summed E-state index contributed by atoms with van der Waals surface area (Å²) < 4.78 is 2.26. The van der Waals surface area contributed by atoms with Crippen LogP contribution in [0.5, 0.6) is 0 Å². The van der Waals surface area contributed by atoms with Crippen LogP contribution in [0.2, 0.25) is 0 Å². The molecular weight excluding hydrogens is 340 g/mol. The van der Waals surface area contributed by atoms with Gasteiger partial charge in [0.25, 0.3) is 0 Å². The van der Waals surface area contributed by atoms with Gasteiger partial charge in [0.1, 0.15) is 12.1 Å². The average Bonchev–Trinajstić information content (AvgIpc) is 2.93. The highest BCUT2D eigenvalue weighted by atomic mass is 35.5. The lowest BCUT2D eigenvalue weighted by atomic mass is 9.78. The molecule has 134 valence electrons. The van der Waals surface area contributed by atoms with Gasteiger partial charge in [-0.05, 0) is 25.5 Å². The van der Waals surface area contributed by atoms with E-state index in [1.165, 1.54) is 33.9 Å². The van der Waals surface area contributed by atoms with Crippen LogP contribution < -0.4 is 4.90 Å². The molecule has 0 atom stereocenters. The molecule has 2 heterocycles. The number of allylic oxidation sites excluding steroid dienone is 2. The second kappa shape index (κ2) is 5.47. The fourth-order valence-corrected chi connectivity index (χ4v) is 5.61. The topological polar surface area (TPSA) is 6.25 Å². The van der Waals surface area contributed by atoms with Gasteiger partial charge in [-0.1, -0.05) is 61.8 Å². The number of anilines is 1. The number of hydrogen-bond acceptors (Lipinski definition) is 1. The number of halogens is 1. The van der Waals surface area contributed by atoms with Crippen molar-refractivity contribution in [3.05, 3.63) is 70.4 Å². The Morgan fingerprint density at radius 2 is 1.46 bits per heavy atom. The second-order valence-electron chi connectivity index (χ2n) is 8.41. The lowest BCUT2D eigenvalue weighted by Crippen LogP contribution is -2.33. The van der Waals surface area contributed by atoms with Crippen molar-refractivity contribution < 1.29 is 4.58 Å². The summed E-state index contributed by atoms with van der Waals surface area (Å²) in [6, 6.07) is 17.2. The van der Waals surface area contributed by atoms with E-state index in [0.717, 1.165) is 5.03 Å². The van der Waals surface area contributed by atoms with E-state index in [2.05, 4.69) is 99.8 Å². The lowest BCUT2D eigenvalue weighted by molar-refractivity contribution is -0.401. The van der Waals surface area contributed by atoms with E-state index in [9.17, 15) is 0 Å². The first-order valence-corrected chi connectivity index (χ1v) is 9.51. The summed E-state index contributed by atoms with van der Waals surface area (Å²) in [5.74, 6) is 0. The molecule has 0 spiro atoms. The molecule has 2 aromatic rings. The minimum atomic E-state index is -0.138. The maximum Gasteiger partial charge on any atom is 0.212 e. The predicted molar refractivity (Wildman–Crippen MR) is 111 cm³/mol. The van der Waals surface area contributed by atoms with Crippen LogP contribution in [0, 0.1) is 0 Å². The fraction of sp³-hybridized carbons (Fsp3) is 0.348. The highest BCUT2D eigenvalue weighted by molar-refractivity contribution is 6.45. The minimum absolute atomic E-state index is 0.138. The van der Waals surface area contributed by atoms with Gasteiger partial charge >= 0.3 is 0 Å². The number of likely N-dealkylation sites (N-methyl/N-ethyl adjacent to an activating group) is 1. The first-order valence-electron chi connectivity index (χ1n) is 9.13. The van der Waals surface area contributed by atoms with Crippen LogP contribution in [0.25, 0.3) is 0 Å². The third kappa shape index (κ3) is 2.08. The lowest BCUT2D eigenvalue weighted by Gasteiger charge is -2.27. The van der Waals surface area contributed by atoms with Gasteiger partial charge in [0, 0.05) is 29.8 Å². The minimum Gasteiger partial charge on any atom is -0.346 e. The molecule has 0 saturated carbocycles. The molecule has 0 saturated heterocycles. The number of rotatable bonds is 1. The zero-order chi connectivity index (χ0) is 18.9. The van der Waals surface area contributed by atoms with E-state index in [1.807, 2.05) is 0 Å². The summed E-state index contributed by atoms with van der Waals surface area (Å²) in [7, 11) is 4.25. The molecule has 2 aliphatic rings. The van der Waals surface area contributed by atoms with E-state index in [4.69, 9.17) is 11.6 Å². The smallest absolute Gasteiger partial charge is 0.212 e. The third-order valence-electron chi connectivity index (χ3n) is 6.15. The van der Waals surface area contributed by atoms with Gasteiger partial charge in [0.05, 0.1) is 11.1 Å². The van der Waals surface area contributed by atoms with Gasteiger partial charge in [0.2, 0.25) is 11.4 Å². The first kappa shape index (κ1) is 17.4. The quantitative estimate of drug-likeness (QED) is 0.599. The molecule has 0 bridgehead atoms. The number of nitrogens with zero attached hydrogens (tertiary/aromatic N) is 2. The van der Waals surface area contributed by atoms with E-state index in [1.54, 1.807) is 0 Å². The molecule has 3 heteroatoms. The average molecular weight is 366 g/mol. The molecule has 0 aromatic heterocycles. The van der Waals surface area contributed by atoms with Crippen LogP contribution in [-0.4, -0.2) is 24.4 Å². The Kier molecular flexibility index (Phi) is 3.65. The van der Waals surface area contributed by atoms with Crippen LogP contribution in [0.1, 0.15) is 38.8 Å². The zero-order valence-electron chi connectivity index (χ0n) is 16.4. The molecule has 2 aromatic carbocycles. The summed E-state index contributed by atoms with van der Waals surface area (Å²) in [5.41, 5.74) is 7.19. The normalized spacial score (nSPS) is 21.7. The van der Waals surface area contributed by atoms with Crippen molar-refractivity contribution in [2.75, 3.05) is 19.0 Å². The summed E-state index contributed by atoms with van der Waals surface area (Å²) in [6.45, 7) is 9.07. The van der Waals surface area contributed by atoms with Crippen molar-refractivity contribution in [1.82, 2.24) is 0 Å². The van der Waals surface area contributed by atoms with Gasteiger partial charge in [-0.15, -0.1) is 0 Å². The molecule has 0 radical (unpaired) electrons. The van der Waals surface area contributed by atoms with Crippen molar-refractivity contribution in [3.8, 4) is 0 Å². The van der Waals surface area contributed by atoms with Crippen LogP contribution in [0.3, 0.4) is 0 Å². The summed E-state index contributed by atoms with van der Waals surface area (Å²) >= 11 is 7.19. The van der Waals surface area contributed by atoms with E-state index in [0.29, 0.717) is 0 Å². The molecule has 0 amide bonds. The number of hydrogen-bond donors (Lipinski definition) is 0. The summed E-state index contributed by atoms with van der Waals surface area (Å²) in [6.07, 6.45) is 0. The molecular formula is C23H26ClN2+. The summed E-state index contributed by atoms with van der Waals surface area (Å²) in [4.78, 5) is 2.26. The first-order chi connectivity index (χ1) is 12.2.